The maximum absolute atomic E-state index is 12.2. The summed E-state index contributed by atoms with van der Waals surface area (Å²) in [4.78, 5) is 52.1. The van der Waals surface area contributed by atoms with Crippen molar-refractivity contribution in [1.82, 2.24) is 25.7 Å². The minimum atomic E-state index is -1.27. The molecule has 0 bridgehead atoms. The SMILES string of the molecule is [B]OCN(O)CNC(=O)OCCc1c(C)nc(NC(=O)NCC(N=O)O[B])[nH]c1=O. The number of nitroso groups, excluding NO2 is 1. The first-order chi connectivity index (χ1) is 14.3. The highest BCUT2D eigenvalue weighted by atomic mass is 16.6. The molecule has 0 saturated carbocycles. The smallest absolute Gasteiger partial charge is 0.408 e. The number of hydrogen-bond donors (Lipinski definition) is 5. The summed E-state index contributed by atoms with van der Waals surface area (Å²) in [6, 6.07) is -0.783. The number of urea groups is 1. The van der Waals surface area contributed by atoms with E-state index < -0.39 is 23.9 Å². The Balaban J connectivity index is 2.52. The Kier molecular flexibility index (Phi) is 11.1. The van der Waals surface area contributed by atoms with Crippen LogP contribution in [0.2, 0.25) is 0 Å². The van der Waals surface area contributed by atoms with Crippen molar-refractivity contribution >= 4 is 34.2 Å². The van der Waals surface area contributed by atoms with Crippen LogP contribution in [0.5, 0.6) is 0 Å². The number of aryl methyl sites for hydroxylation is 1. The number of nitrogens with one attached hydrogen (secondary N) is 4. The third-order valence-electron chi connectivity index (χ3n) is 3.38. The van der Waals surface area contributed by atoms with Gasteiger partial charge in [-0.15, -0.1) is 9.97 Å². The normalized spacial score (nSPS) is 11.6. The summed E-state index contributed by atoms with van der Waals surface area (Å²) >= 11 is 0. The van der Waals surface area contributed by atoms with E-state index >= 15 is 0 Å². The summed E-state index contributed by atoms with van der Waals surface area (Å²) in [7, 11) is 9.54. The van der Waals surface area contributed by atoms with Crippen LogP contribution in [0, 0.1) is 11.8 Å². The number of ether oxygens (including phenoxy) is 1. The third-order valence-corrected chi connectivity index (χ3v) is 3.38. The number of hydrogen-bond acceptors (Lipinski definition) is 11. The van der Waals surface area contributed by atoms with Crippen LogP contribution < -0.4 is 21.5 Å². The lowest BCUT2D eigenvalue weighted by Gasteiger charge is -2.14. The zero-order valence-corrected chi connectivity index (χ0v) is 15.9. The zero-order valence-electron chi connectivity index (χ0n) is 15.9. The number of carbonyl (C=O) groups is 2. The molecule has 0 aromatic carbocycles. The fourth-order valence-corrected chi connectivity index (χ4v) is 1.99. The number of H-pyrrole nitrogens is 1. The first-order valence-corrected chi connectivity index (χ1v) is 8.29. The topological polar surface area (TPSA) is 197 Å². The van der Waals surface area contributed by atoms with Crippen molar-refractivity contribution in [2.24, 2.45) is 5.18 Å². The van der Waals surface area contributed by atoms with Crippen LogP contribution in [-0.4, -0.2) is 81.2 Å². The van der Waals surface area contributed by atoms with Gasteiger partial charge in [-0.3, -0.25) is 15.1 Å². The van der Waals surface area contributed by atoms with Gasteiger partial charge in [0.15, 0.2) is 6.23 Å². The van der Waals surface area contributed by atoms with Crippen LogP contribution in [-0.2, 0) is 20.5 Å². The van der Waals surface area contributed by atoms with Crippen molar-refractivity contribution in [3.63, 3.8) is 0 Å². The number of amides is 3. The Morgan fingerprint density at radius 2 is 2.10 bits per heavy atom. The highest BCUT2D eigenvalue weighted by molar-refractivity contribution is 5.98. The molecule has 1 atom stereocenters. The van der Waals surface area contributed by atoms with E-state index in [-0.39, 0.29) is 50.2 Å². The predicted molar refractivity (Wildman–Crippen MR) is 101 cm³/mol. The van der Waals surface area contributed by atoms with Crippen molar-refractivity contribution in [1.29, 1.82) is 0 Å². The maximum Gasteiger partial charge on any atom is 0.408 e. The monoisotopic (exact) mass is 423 g/mol. The fourth-order valence-electron chi connectivity index (χ4n) is 1.99. The molecule has 0 saturated heterocycles. The summed E-state index contributed by atoms with van der Waals surface area (Å²) < 4.78 is 13.2. The molecule has 17 heteroatoms. The van der Waals surface area contributed by atoms with E-state index in [9.17, 15) is 24.5 Å². The van der Waals surface area contributed by atoms with Gasteiger partial charge < -0.3 is 29.9 Å². The molecule has 15 nitrogen and oxygen atoms in total. The molecular weight excluding hydrogens is 404 g/mol. The predicted octanol–water partition coefficient (Wildman–Crippen LogP) is -1.63. The average Bonchev–Trinajstić information content (AvgIpc) is 2.69. The number of alkyl carbamates (subject to hydrolysis) is 1. The molecule has 30 heavy (non-hydrogen) atoms. The summed E-state index contributed by atoms with van der Waals surface area (Å²) in [5.74, 6) is -0.146. The summed E-state index contributed by atoms with van der Waals surface area (Å²) in [6.45, 7) is 0.469. The number of nitrogens with zero attached hydrogens (tertiary/aromatic N) is 3. The minimum Gasteiger partial charge on any atom is -0.449 e. The van der Waals surface area contributed by atoms with Gasteiger partial charge >= 0.3 is 12.1 Å². The second-order valence-corrected chi connectivity index (χ2v) is 5.53. The van der Waals surface area contributed by atoms with Gasteiger partial charge in [0.25, 0.3) is 21.7 Å². The maximum atomic E-state index is 12.2. The van der Waals surface area contributed by atoms with Crippen LogP contribution in [0.4, 0.5) is 15.5 Å². The van der Waals surface area contributed by atoms with E-state index in [0.717, 1.165) is 0 Å². The van der Waals surface area contributed by atoms with Crippen LogP contribution in [0.3, 0.4) is 0 Å². The molecule has 1 aromatic rings. The van der Waals surface area contributed by atoms with Crippen LogP contribution in [0.15, 0.2) is 9.97 Å². The average molecular weight is 423 g/mol. The summed E-state index contributed by atoms with van der Waals surface area (Å²) in [5.41, 5.74) is -0.0330. The molecule has 3 amide bonds. The number of aromatic nitrogens is 2. The summed E-state index contributed by atoms with van der Waals surface area (Å²) in [6.07, 6.45) is -2.06. The molecule has 5 N–H and O–H groups in total. The van der Waals surface area contributed by atoms with Crippen molar-refractivity contribution in [3.05, 3.63) is 26.5 Å². The van der Waals surface area contributed by atoms with Gasteiger partial charge in [-0.2, -0.15) is 0 Å². The second kappa shape index (κ2) is 13.3. The minimum absolute atomic E-state index is 0.0450. The molecular formula is C13H19B2N7O8. The number of rotatable bonds is 12. The van der Waals surface area contributed by atoms with Gasteiger partial charge in [-0.1, -0.05) is 0 Å². The van der Waals surface area contributed by atoms with Gasteiger partial charge in [0.05, 0.1) is 18.8 Å². The molecule has 0 aliphatic carbocycles. The Hall–Kier alpha value is -3.01. The molecule has 1 aromatic heterocycles. The first-order valence-electron chi connectivity index (χ1n) is 8.29. The number of anilines is 1. The number of aromatic amines is 1. The lowest BCUT2D eigenvalue weighted by Crippen LogP contribution is -2.37. The van der Waals surface area contributed by atoms with Crippen molar-refractivity contribution in [2.45, 2.75) is 19.6 Å². The lowest BCUT2D eigenvalue weighted by atomic mass is 10.2. The molecule has 1 heterocycles. The van der Waals surface area contributed by atoms with Crippen molar-refractivity contribution < 1.29 is 28.8 Å². The van der Waals surface area contributed by atoms with Crippen molar-refractivity contribution in [3.8, 4) is 0 Å². The van der Waals surface area contributed by atoms with Crippen LogP contribution >= 0.6 is 0 Å². The molecule has 0 spiro atoms. The number of hydroxylamine groups is 2. The summed E-state index contributed by atoms with van der Waals surface area (Å²) in [5, 5.41) is 19.0. The van der Waals surface area contributed by atoms with E-state index in [1.165, 1.54) is 6.92 Å². The largest absolute Gasteiger partial charge is 0.449 e. The number of carbonyl (C=O) groups excluding carboxylic acids is 2. The molecule has 0 aliphatic rings. The van der Waals surface area contributed by atoms with Gasteiger partial charge in [0, 0.05) is 12.0 Å². The van der Waals surface area contributed by atoms with Crippen LogP contribution in [0.25, 0.3) is 0 Å². The Labute approximate surface area is 172 Å². The Morgan fingerprint density at radius 1 is 1.37 bits per heavy atom. The standard InChI is InChI=1S/C13H19B2N7O8/c1-7-8(2-3-28-13(25)17-5-22(27)6-29-14)10(23)19-11(18-7)20-12(24)16-4-9(21-26)30-15/h9,27H,2-6H2,1H3,(H,17,25)(H3,16,18,19,20,23,24). The molecule has 4 radical (unpaired) electrons. The van der Waals surface area contributed by atoms with E-state index in [0.29, 0.717) is 5.06 Å². The Bertz CT molecular complexity index is 780. The van der Waals surface area contributed by atoms with E-state index in [2.05, 4.69) is 40.4 Å². The fraction of sp³-hybridized carbons (Fsp3) is 0.538. The first kappa shape index (κ1) is 25.0. The molecule has 0 aliphatic heterocycles. The molecule has 1 rings (SSSR count). The van der Waals surface area contributed by atoms with Crippen LogP contribution in [0.1, 0.15) is 11.3 Å². The van der Waals surface area contributed by atoms with Crippen molar-refractivity contribution in [2.75, 3.05) is 31.9 Å². The van der Waals surface area contributed by atoms with E-state index in [4.69, 9.17) is 20.8 Å². The third kappa shape index (κ3) is 8.99. The second-order valence-electron chi connectivity index (χ2n) is 5.53. The van der Waals surface area contributed by atoms with Gasteiger partial charge in [-0.25, -0.2) is 14.6 Å². The van der Waals surface area contributed by atoms with E-state index in [1.54, 1.807) is 0 Å². The van der Waals surface area contributed by atoms with E-state index in [1.807, 2.05) is 0 Å². The molecule has 1 unspecified atom stereocenters. The molecule has 160 valence electrons. The quantitative estimate of drug-likeness (QED) is 0.113. The highest BCUT2D eigenvalue weighted by Crippen LogP contribution is 2.04. The lowest BCUT2D eigenvalue weighted by molar-refractivity contribution is -0.136. The highest BCUT2D eigenvalue weighted by Gasteiger charge is 2.13. The zero-order chi connectivity index (χ0) is 22.5. The molecule has 0 fully saturated rings. The Morgan fingerprint density at radius 3 is 2.70 bits per heavy atom. The van der Waals surface area contributed by atoms with Gasteiger partial charge in [0.2, 0.25) is 5.95 Å². The van der Waals surface area contributed by atoms with Gasteiger partial charge in [-0.05, 0) is 12.1 Å². The van der Waals surface area contributed by atoms with Gasteiger partial charge in [0.1, 0.15) is 13.4 Å².